The summed E-state index contributed by atoms with van der Waals surface area (Å²) >= 11 is 0. The molecule has 0 rings (SSSR count). The first-order valence-electron chi connectivity index (χ1n) is 6.54. The summed E-state index contributed by atoms with van der Waals surface area (Å²) in [5.74, 6) is -0.353. The van der Waals surface area contributed by atoms with E-state index in [9.17, 15) is 14.3 Å². The van der Waals surface area contributed by atoms with E-state index in [1.54, 1.807) is 0 Å². The van der Waals surface area contributed by atoms with Gasteiger partial charge in [0.15, 0.2) is 0 Å². The Labute approximate surface area is 119 Å². The minimum Gasteiger partial charge on any atom is -0.756 e. The Kier molecular flexibility index (Phi) is 10.9. The van der Waals surface area contributed by atoms with Crippen molar-refractivity contribution in [2.75, 3.05) is 33.4 Å². The molecule has 0 aliphatic heterocycles. The van der Waals surface area contributed by atoms with Crippen LogP contribution in [0.3, 0.4) is 0 Å². The van der Waals surface area contributed by atoms with E-state index < -0.39 is 7.82 Å². The second-order valence-corrected chi connectivity index (χ2v) is 5.88. The Balaban J connectivity index is 3.70. The first-order valence-corrected chi connectivity index (χ1v) is 8.00. The van der Waals surface area contributed by atoms with Crippen molar-refractivity contribution in [3.63, 3.8) is 0 Å². The normalized spacial score (nSPS) is 15.6. The molecule has 0 fully saturated rings. The van der Waals surface area contributed by atoms with Gasteiger partial charge in [-0.15, -0.1) is 0 Å². The third-order valence-corrected chi connectivity index (χ3v) is 3.60. The van der Waals surface area contributed by atoms with Crippen molar-refractivity contribution in [1.82, 2.24) is 5.32 Å². The monoisotopic (exact) mass is 311 g/mol. The molecule has 0 aromatic rings. The molecule has 1 amide bonds. The molecule has 20 heavy (non-hydrogen) atoms. The van der Waals surface area contributed by atoms with Crippen molar-refractivity contribution in [2.24, 2.45) is 11.7 Å². The lowest BCUT2D eigenvalue weighted by molar-refractivity contribution is -0.224. The van der Waals surface area contributed by atoms with Gasteiger partial charge in [-0.2, -0.15) is 0 Å². The third-order valence-electron chi connectivity index (χ3n) is 2.68. The lowest BCUT2D eigenvalue weighted by Crippen LogP contribution is -2.26. The molecule has 0 spiro atoms. The van der Waals surface area contributed by atoms with Crippen LogP contribution in [0, 0.1) is 5.92 Å². The van der Waals surface area contributed by atoms with Crippen molar-refractivity contribution in [2.45, 2.75) is 25.7 Å². The van der Waals surface area contributed by atoms with E-state index in [1.165, 1.54) is 0 Å². The van der Waals surface area contributed by atoms with Crippen molar-refractivity contribution >= 4 is 13.7 Å². The molecule has 0 heterocycles. The molecule has 0 bridgehead atoms. The molecule has 0 aromatic heterocycles. The van der Waals surface area contributed by atoms with Crippen LogP contribution in [0.1, 0.15) is 25.7 Å². The van der Waals surface area contributed by atoms with Crippen molar-refractivity contribution in [1.29, 1.82) is 0 Å². The molecule has 4 N–H and O–H groups in total. The number of phosphoric ester groups is 1. The number of rotatable bonds is 12. The number of aliphatic hydroxyl groups is 1. The number of aliphatic hydroxyl groups excluding tert-OH is 1. The number of nitrogens with two attached hydrogens (primary N) is 1. The standard InChI is InChI=1S/C11H25N2O6P/c1-18-20(16,17)19-9-10(8-14)4-2-3-7-13-11(15)5-6-12/h10,14H,2-9,12H2,1H3,(H,13,15)(H,16,17)/p-1. The molecule has 9 heteroatoms. The Hall–Kier alpha value is -0.500. The fourth-order valence-corrected chi connectivity index (χ4v) is 1.98. The van der Waals surface area contributed by atoms with Gasteiger partial charge in [0.25, 0.3) is 7.82 Å². The Morgan fingerprint density at radius 2 is 2.20 bits per heavy atom. The van der Waals surface area contributed by atoms with Crippen LogP contribution in [0.5, 0.6) is 0 Å². The number of nitrogens with one attached hydrogen (secondary N) is 1. The Morgan fingerprint density at radius 1 is 1.50 bits per heavy atom. The van der Waals surface area contributed by atoms with Gasteiger partial charge in [0.2, 0.25) is 5.91 Å². The summed E-state index contributed by atoms with van der Waals surface area (Å²) in [5, 5.41) is 11.8. The lowest BCUT2D eigenvalue weighted by atomic mass is 10.0. The van der Waals surface area contributed by atoms with E-state index >= 15 is 0 Å². The van der Waals surface area contributed by atoms with Crippen LogP contribution < -0.4 is 15.9 Å². The van der Waals surface area contributed by atoms with Crippen LogP contribution in [-0.4, -0.2) is 44.4 Å². The first-order chi connectivity index (χ1) is 9.45. The maximum atomic E-state index is 11.1. The smallest absolute Gasteiger partial charge is 0.267 e. The largest absolute Gasteiger partial charge is 0.756 e. The molecular formula is C11H24N2O6P-. The van der Waals surface area contributed by atoms with Gasteiger partial charge < -0.3 is 30.1 Å². The SMILES string of the molecule is COP(=O)([O-])OCC(CO)CCCCNC(=O)CCN. The van der Waals surface area contributed by atoms with Gasteiger partial charge in [-0.3, -0.25) is 9.36 Å². The minimum atomic E-state index is -4.24. The fourth-order valence-electron chi connectivity index (χ4n) is 1.48. The van der Waals surface area contributed by atoms with E-state index in [0.717, 1.165) is 20.0 Å². The topological polar surface area (TPSA) is 134 Å². The second kappa shape index (κ2) is 11.2. The fraction of sp³-hybridized carbons (Fsp3) is 0.909. The molecule has 0 radical (unpaired) electrons. The van der Waals surface area contributed by atoms with Crippen LogP contribution in [0.4, 0.5) is 0 Å². The average Bonchev–Trinajstić information content (AvgIpc) is 2.42. The summed E-state index contributed by atoms with van der Waals surface area (Å²) in [4.78, 5) is 22.1. The van der Waals surface area contributed by atoms with Gasteiger partial charge in [0.1, 0.15) is 0 Å². The van der Waals surface area contributed by atoms with Gasteiger partial charge in [0.05, 0.1) is 6.61 Å². The molecule has 8 nitrogen and oxygen atoms in total. The summed E-state index contributed by atoms with van der Waals surface area (Å²) in [6, 6.07) is 0. The molecule has 0 aliphatic carbocycles. The van der Waals surface area contributed by atoms with Gasteiger partial charge in [-0.1, -0.05) is 6.42 Å². The summed E-state index contributed by atoms with van der Waals surface area (Å²) in [5.41, 5.74) is 5.24. The summed E-state index contributed by atoms with van der Waals surface area (Å²) in [6.07, 6.45) is 2.40. The highest BCUT2D eigenvalue weighted by atomic mass is 31.2. The van der Waals surface area contributed by atoms with Crippen LogP contribution in [0.2, 0.25) is 0 Å². The van der Waals surface area contributed by atoms with Crippen LogP contribution >= 0.6 is 7.82 Å². The Morgan fingerprint density at radius 3 is 2.75 bits per heavy atom. The number of unbranched alkanes of at least 4 members (excludes halogenated alkanes) is 1. The molecule has 2 unspecified atom stereocenters. The lowest BCUT2D eigenvalue weighted by Gasteiger charge is -2.23. The summed E-state index contributed by atoms with van der Waals surface area (Å²) < 4.78 is 19.7. The summed E-state index contributed by atoms with van der Waals surface area (Å²) in [7, 11) is -3.22. The summed E-state index contributed by atoms with van der Waals surface area (Å²) in [6.45, 7) is 0.592. The van der Waals surface area contributed by atoms with Crippen LogP contribution in [-0.2, 0) is 18.4 Å². The zero-order valence-electron chi connectivity index (χ0n) is 11.7. The highest BCUT2D eigenvalue weighted by Gasteiger charge is 2.13. The van der Waals surface area contributed by atoms with Crippen LogP contribution in [0.15, 0.2) is 0 Å². The van der Waals surface area contributed by atoms with E-state index in [1.807, 2.05) is 0 Å². The third kappa shape index (κ3) is 10.3. The average molecular weight is 311 g/mol. The van der Waals surface area contributed by atoms with E-state index in [2.05, 4.69) is 14.4 Å². The second-order valence-electron chi connectivity index (χ2n) is 4.36. The van der Waals surface area contributed by atoms with E-state index in [0.29, 0.717) is 25.9 Å². The molecular weight excluding hydrogens is 287 g/mol. The number of phosphoric acid groups is 1. The Bertz CT molecular complexity index is 315. The van der Waals surface area contributed by atoms with Gasteiger partial charge in [-0.05, 0) is 12.8 Å². The number of carbonyl (C=O) groups is 1. The predicted molar refractivity (Wildman–Crippen MR) is 71.7 cm³/mol. The molecule has 0 aliphatic rings. The molecule has 120 valence electrons. The molecule has 2 atom stereocenters. The quantitative estimate of drug-likeness (QED) is 0.322. The van der Waals surface area contributed by atoms with Gasteiger partial charge in [-0.25, -0.2) is 0 Å². The number of amides is 1. The molecule has 0 saturated carbocycles. The zero-order valence-corrected chi connectivity index (χ0v) is 12.6. The molecule has 0 saturated heterocycles. The highest BCUT2D eigenvalue weighted by molar-refractivity contribution is 7.45. The van der Waals surface area contributed by atoms with E-state index in [4.69, 9.17) is 10.8 Å². The van der Waals surface area contributed by atoms with Crippen molar-refractivity contribution in [3.8, 4) is 0 Å². The maximum Gasteiger partial charge on any atom is 0.267 e. The highest BCUT2D eigenvalue weighted by Crippen LogP contribution is 2.37. The van der Waals surface area contributed by atoms with Crippen LogP contribution in [0.25, 0.3) is 0 Å². The van der Waals surface area contributed by atoms with Gasteiger partial charge >= 0.3 is 0 Å². The number of carbonyl (C=O) groups excluding carboxylic acids is 1. The number of hydrogen-bond donors (Lipinski definition) is 3. The van der Waals surface area contributed by atoms with E-state index in [-0.39, 0.29) is 25.0 Å². The zero-order chi connectivity index (χ0) is 15.4. The predicted octanol–water partition coefficient (Wildman–Crippen LogP) is -0.638. The van der Waals surface area contributed by atoms with Crippen molar-refractivity contribution in [3.05, 3.63) is 0 Å². The number of hydrogen-bond acceptors (Lipinski definition) is 7. The maximum absolute atomic E-state index is 11.1. The minimum absolute atomic E-state index is 0.0815. The molecule has 0 aromatic carbocycles. The first kappa shape index (κ1) is 19.5. The van der Waals surface area contributed by atoms with Crippen molar-refractivity contribution < 1.29 is 28.4 Å². The van der Waals surface area contributed by atoms with Gasteiger partial charge in [0, 0.05) is 39.1 Å².